The van der Waals surface area contributed by atoms with E-state index in [4.69, 9.17) is 0 Å². The van der Waals surface area contributed by atoms with Crippen LogP contribution in [0, 0.1) is 0 Å². The molecule has 0 rings (SSSR count). The summed E-state index contributed by atoms with van der Waals surface area (Å²) in [5.41, 5.74) is 0. The number of rotatable bonds is 3. The van der Waals surface area contributed by atoms with Crippen LogP contribution in [0.5, 0.6) is 0 Å². The van der Waals surface area contributed by atoms with E-state index in [0.717, 1.165) is 0 Å². The molecule has 0 aliphatic carbocycles. The topological polar surface area (TPSA) is 29.1 Å². The van der Waals surface area contributed by atoms with Crippen LogP contribution in [0.2, 0.25) is 0 Å². The number of likely N-dealkylation sites (N-methyl/N-ethyl adjacent to an activating group) is 1. The van der Waals surface area contributed by atoms with Gasteiger partial charge >= 0.3 is 62.3 Å². The third-order valence-electron chi connectivity index (χ3n) is 0.816. The number of carbonyl (C=O) groups is 1. The first-order chi connectivity index (χ1) is 3.72. The van der Waals surface area contributed by atoms with Crippen molar-refractivity contribution >= 4 is 33.3 Å². The summed E-state index contributed by atoms with van der Waals surface area (Å²) in [5.74, 6) is 0.544. The average Bonchev–Trinajstić information content (AvgIpc) is 1.69. The van der Waals surface area contributed by atoms with Gasteiger partial charge in [-0.2, -0.15) is 0 Å². The van der Waals surface area contributed by atoms with Gasteiger partial charge in [-0.1, -0.05) is 0 Å². The second-order valence-corrected chi connectivity index (χ2v) is 2.55. The summed E-state index contributed by atoms with van der Waals surface area (Å²) in [6.45, 7) is 0. The van der Waals surface area contributed by atoms with E-state index >= 15 is 0 Å². The number of carbonyl (C=O) groups excluding carboxylic acids is 1. The Morgan fingerprint density at radius 3 is 2.50 bits per heavy atom. The second kappa shape index (κ2) is 4.39. The fourth-order valence-electron chi connectivity index (χ4n) is 0.284. The zero-order valence-electron chi connectivity index (χ0n) is 4.55. The molecule has 0 spiro atoms. The van der Waals surface area contributed by atoms with Crippen LogP contribution in [0.15, 0.2) is 0 Å². The van der Waals surface area contributed by atoms with Gasteiger partial charge in [0.05, 0.1) is 0 Å². The molecule has 47 valence electrons. The van der Waals surface area contributed by atoms with Gasteiger partial charge in [-0.3, -0.25) is 0 Å². The Labute approximate surface area is 62.6 Å². The first-order valence-corrected chi connectivity index (χ1v) is 3.70. The van der Waals surface area contributed by atoms with E-state index in [2.05, 4.69) is 34.0 Å². The molecule has 0 saturated heterocycles. The molecule has 0 amide bonds. The molecule has 0 saturated carbocycles. The monoisotopic (exact) mass is 198 g/mol. The van der Waals surface area contributed by atoms with E-state index in [1.165, 1.54) is 0 Å². The summed E-state index contributed by atoms with van der Waals surface area (Å²) >= 11 is 6.32. The summed E-state index contributed by atoms with van der Waals surface area (Å²) in [6, 6.07) is -0.127. The van der Waals surface area contributed by atoms with Gasteiger partial charge in [-0.15, -0.1) is 0 Å². The molecule has 0 aromatic heterocycles. The molecular formula is C4H8NOSSe. The van der Waals surface area contributed by atoms with E-state index in [0.29, 0.717) is 5.75 Å². The summed E-state index contributed by atoms with van der Waals surface area (Å²) in [7, 11) is 1.73. The Balaban J connectivity index is 3.52. The van der Waals surface area contributed by atoms with E-state index in [-0.39, 0.29) is 10.7 Å². The van der Waals surface area contributed by atoms with Gasteiger partial charge < -0.3 is 0 Å². The first-order valence-electron chi connectivity index (χ1n) is 2.21. The zero-order chi connectivity index (χ0) is 6.57. The number of thiol groups is 1. The third kappa shape index (κ3) is 2.72. The van der Waals surface area contributed by atoms with Gasteiger partial charge in [0.2, 0.25) is 0 Å². The Bertz CT molecular complexity index is 84.1. The molecule has 2 nitrogen and oxygen atoms in total. The maximum atomic E-state index is 10.4. The Hall–Kier alpha value is 0.499. The van der Waals surface area contributed by atoms with Crippen LogP contribution in [0.1, 0.15) is 0 Å². The van der Waals surface area contributed by atoms with Crippen molar-refractivity contribution in [1.29, 1.82) is 0 Å². The van der Waals surface area contributed by atoms with Gasteiger partial charge in [0, 0.05) is 0 Å². The number of hydrogen-bond acceptors (Lipinski definition) is 3. The molecule has 1 N–H and O–H groups in total. The molecule has 8 heavy (non-hydrogen) atoms. The van der Waals surface area contributed by atoms with E-state index in [1.807, 2.05) is 0 Å². The molecular weight excluding hydrogens is 189 g/mol. The van der Waals surface area contributed by atoms with Crippen molar-refractivity contribution in [2.45, 2.75) is 6.04 Å². The van der Waals surface area contributed by atoms with Crippen LogP contribution in [-0.4, -0.2) is 39.5 Å². The second-order valence-electron chi connectivity index (χ2n) is 1.34. The molecule has 0 aromatic carbocycles. The van der Waals surface area contributed by atoms with Gasteiger partial charge in [0.15, 0.2) is 0 Å². The fourth-order valence-corrected chi connectivity index (χ4v) is 1.33. The van der Waals surface area contributed by atoms with Gasteiger partial charge in [0.25, 0.3) is 0 Å². The molecule has 0 aromatic rings. The van der Waals surface area contributed by atoms with Crippen LogP contribution in [0.4, 0.5) is 0 Å². The van der Waals surface area contributed by atoms with Crippen molar-refractivity contribution in [2.24, 2.45) is 0 Å². The molecule has 1 atom stereocenters. The van der Waals surface area contributed by atoms with Crippen LogP contribution >= 0.6 is 12.6 Å². The van der Waals surface area contributed by atoms with Crippen molar-refractivity contribution in [2.75, 3.05) is 12.8 Å². The van der Waals surface area contributed by atoms with Crippen molar-refractivity contribution in [3.63, 3.8) is 0 Å². The zero-order valence-corrected chi connectivity index (χ0v) is 7.16. The summed E-state index contributed by atoms with van der Waals surface area (Å²) in [5, 5.41) is 2.79. The van der Waals surface area contributed by atoms with E-state index in [1.54, 1.807) is 7.05 Å². The molecule has 4 heteroatoms. The molecule has 0 heterocycles. The van der Waals surface area contributed by atoms with Crippen molar-refractivity contribution in [1.82, 2.24) is 5.32 Å². The van der Waals surface area contributed by atoms with Crippen molar-refractivity contribution in [3.8, 4) is 0 Å². The van der Waals surface area contributed by atoms with Crippen LogP contribution in [0.3, 0.4) is 0 Å². The minimum atomic E-state index is -0.127. The van der Waals surface area contributed by atoms with Crippen LogP contribution in [0.25, 0.3) is 0 Å². The number of nitrogens with one attached hydrogen (secondary N) is 1. The molecule has 0 fully saturated rings. The Morgan fingerprint density at radius 1 is 2.00 bits per heavy atom. The molecule has 0 aliphatic heterocycles. The SMILES string of the molecule is CN[C@@H](CS)C(=O)[Se]. The van der Waals surface area contributed by atoms with Gasteiger partial charge in [-0.05, 0) is 0 Å². The van der Waals surface area contributed by atoms with E-state index in [9.17, 15) is 4.79 Å². The standard InChI is InChI=1S/C4H8NOSSe/c1-5-3(2-7)4(6)8/h3,5,7H,2H2,1H3/t3-/m0/s1. The molecule has 1 radical (unpaired) electrons. The molecule has 0 unspecified atom stereocenters. The van der Waals surface area contributed by atoms with Gasteiger partial charge in [0.1, 0.15) is 0 Å². The predicted octanol–water partition coefficient (Wildman–Crippen LogP) is -0.801. The Kier molecular flexibility index (Phi) is 4.66. The Morgan fingerprint density at radius 2 is 2.50 bits per heavy atom. The third-order valence-corrected chi connectivity index (χ3v) is 1.78. The van der Waals surface area contributed by atoms with Gasteiger partial charge in [-0.25, -0.2) is 0 Å². The first kappa shape index (κ1) is 8.50. The number of hydrogen-bond donors (Lipinski definition) is 2. The maximum absolute atomic E-state index is 10.4. The minimum absolute atomic E-state index is 0.0162. The summed E-state index contributed by atoms with van der Waals surface area (Å²) in [4.78, 5) is 10.4. The normalized spacial score (nSPS) is 13.2. The summed E-state index contributed by atoms with van der Waals surface area (Å²) in [6.07, 6.45) is 0. The van der Waals surface area contributed by atoms with E-state index < -0.39 is 0 Å². The average molecular weight is 197 g/mol. The van der Waals surface area contributed by atoms with Crippen LogP contribution in [-0.2, 0) is 4.79 Å². The quantitative estimate of drug-likeness (QED) is 0.458. The molecule has 0 bridgehead atoms. The van der Waals surface area contributed by atoms with Crippen molar-refractivity contribution < 1.29 is 4.79 Å². The fraction of sp³-hybridized carbons (Fsp3) is 0.750. The van der Waals surface area contributed by atoms with Crippen LogP contribution < -0.4 is 5.32 Å². The predicted molar refractivity (Wildman–Crippen MR) is 37.5 cm³/mol. The summed E-state index contributed by atoms with van der Waals surface area (Å²) < 4.78 is 0.0162. The molecule has 0 aliphatic rings. The van der Waals surface area contributed by atoms with Crippen molar-refractivity contribution in [3.05, 3.63) is 0 Å².